The lowest BCUT2D eigenvalue weighted by atomic mass is 9.72. The van der Waals surface area contributed by atoms with Crippen LogP contribution in [0.3, 0.4) is 0 Å². The number of aromatic nitrogens is 3. The second-order valence-electron chi connectivity index (χ2n) is 11.4. The van der Waals surface area contributed by atoms with Crippen LogP contribution >= 0.6 is 0 Å². The predicted octanol–water partition coefficient (Wildman–Crippen LogP) is 4.21. The molecule has 45 heavy (non-hydrogen) atoms. The van der Waals surface area contributed by atoms with Crippen LogP contribution in [0.2, 0.25) is 0 Å². The molecule has 2 aliphatic rings. The number of likely N-dealkylation sites (tertiary alicyclic amines) is 1. The van der Waals surface area contributed by atoms with Gasteiger partial charge in [0.05, 0.1) is 12.6 Å². The van der Waals surface area contributed by atoms with E-state index in [0.717, 1.165) is 54.3 Å². The largest absolute Gasteiger partial charge is 0.480 e. The van der Waals surface area contributed by atoms with Gasteiger partial charge < -0.3 is 14.5 Å². The van der Waals surface area contributed by atoms with Crippen LogP contribution < -0.4 is 14.4 Å². The summed E-state index contributed by atoms with van der Waals surface area (Å²) in [5, 5.41) is 0.829. The number of nitrogens with zero attached hydrogens (tertiary/aromatic N) is 5. The second-order valence-corrected chi connectivity index (χ2v) is 13.0. The fraction of sp³-hybridized carbons (Fsp3) is 0.281. The minimum absolute atomic E-state index is 0.0388. The molecule has 0 bridgehead atoms. The number of amides is 1. The Morgan fingerprint density at radius 3 is 2.47 bits per heavy atom. The number of methoxy groups -OCH3 is 1. The van der Waals surface area contributed by atoms with E-state index in [1.165, 1.54) is 50.7 Å². The van der Waals surface area contributed by atoms with Crippen molar-refractivity contribution in [3.05, 3.63) is 79.0 Å². The van der Waals surface area contributed by atoms with Crippen molar-refractivity contribution in [2.75, 3.05) is 42.9 Å². The Hall–Kier alpha value is -4.91. The number of piperidine rings is 1. The molecule has 2 saturated heterocycles. The molecule has 0 unspecified atom stereocenters. The first-order valence-corrected chi connectivity index (χ1v) is 15.8. The summed E-state index contributed by atoms with van der Waals surface area (Å²) >= 11 is 0. The number of carbonyl (C=O) groups is 2. The highest BCUT2D eigenvalue weighted by molar-refractivity contribution is 7.92. The molecule has 1 amide bonds. The van der Waals surface area contributed by atoms with Crippen molar-refractivity contribution >= 4 is 44.1 Å². The molecular formula is C32H31FN6O5S. The topological polar surface area (TPSA) is 135 Å². The fourth-order valence-electron chi connectivity index (χ4n) is 5.91. The Labute approximate surface area is 259 Å². The van der Waals surface area contributed by atoms with Crippen LogP contribution in [0, 0.1) is 11.2 Å². The monoisotopic (exact) mass is 630 g/mol. The van der Waals surface area contributed by atoms with Crippen LogP contribution in [0.25, 0.3) is 22.0 Å². The molecule has 13 heteroatoms. The molecule has 2 fully saturated rings. The number of hydrogen-bond donors (Lipinski definition) is 1. The molecule has 2 aromatic carbocycles. The van der Waals surface area contributed by atoms with Gasteiger partial charge in [0.15, 0.2) is 5.78 Å². The zero-order valence-corrected chi connectivity index (χ0v) is 25.6. The molecule has 11 nitrogen and oxygen atoms in total. The number of halogens is 1. The molecule has 2 aliphatic heterocycles. The van der Waals surface area contributed by atoms with E-state index in [0.29, 0.717) is 18.7 Å². The number of anilines is 2. The van der Waals surface area contributed by atoms with Crippen molar-refractivity contribution in [2.45, 2.75) is 24.7 Å². The quantitative estimate of drug-likeness (QED) is 0.284. The third-order valence-electron chi connectivity index (χ3n) is 8.31. The van der Waals surface area contributed by atoms with E-state index in [9.17, 15) is 22.4 Å². The van der Waals surface area contributed by atoms with Crippen LogP contribution in [0.5, 0.6) is 5.88 Å². The minimum Gasteiger partial charge on any atom is -0.480 e. The van der Waals surface area contributed by atoms with E-state index in [-0.39, 0.29) is 28.7 Å². The summed E-state index contributed by atoms with van der Waals surface area (Å²) < 4.78 is 48.1. The molecule has 232 valence electrons. The SMILES string of the molecule is COc1ncc(-c2ccc3ncnc(N4CCC5(CC4)CN(C(=O)/C=C/C(C)=O)C5)c3c2)cc1NS(=O)(=O)c1ccccc1F. The van der Waals surface area contributed by atoms with E-state index in [4.69, 9.17) is 4.74 Å². The van der Waals surface area contributed by atoms with Crippen LogP contribution in [-0.2, 0) is 19.6 Å². The number of carbonyl (C=O) groups excluding carboxylic acids is 2. The van der Waals surface area contributed by atoms with Gasteiger partial charge in [-0.2, -0.15) is 0 Å². The molecule has 0 aliphatic carbocycles. The van der Waals surface area contributed by atoms with Crippen LogP contribution in [0.4, 0.5) is 15.9 Å². The summed E-state index contributed by atoms with van der Waals surface area (Å²) in [6.45, 7) is 4.28. The van der Waals surface area contributed by atoms with E-state index in [2.05, 4.69) is 24.6 Å². The first kappa shape index (κ1) is 30.1. The van der Waals surface area contributed by atoms with E-state index >= 15 is 0 Å². The lowest BCUT2D eigenvalue weighted by Gasteiger charge is -2.54. The first-order valence-electron chi connectivity index (χ1n) is 14.4. The number of ether oxygens (including phenoxy) is 1. The maximum atomic E-state index is 14.3. The van der Waals surface area contributed by atoms with Crippen LogP contribution in [0.1, 0.15) is 19.8 Å². The molecular weight excluding hydrogens is 599 g/mol. The molecule has 0 saturated carbocycles. The van der Waals surface area contributed by atoms with Gasteiger partial charge in [-0.25, -0.2) is 27.8 Å². The van der Waals surface area contributed by atoms with Gasteiger partial charge in [-0.15, -0.1) is 0 Å². The number of hydrogen-bond acceptors (Lipinski definition) is 9. The normalized spacial score (nSPS) is 16.2. The van der Waals surface area contributed by atoms with Crippen molar-refractivity contribution in [1.29, 1.82) is 0 Å². The Kier molecular flexibility index (Phi) is 7.96. The Morgan fingerprint density at radius 2 is 1.76 bits per heavy atom. The Morgan fingerprint density at radius 1 is 1.00 bits per heavy atom. The molecule has 0 atom stereocenters. The van der Waals surface area contributed by atoms with Gasteiger partial charge in [0.25, 0.3) is 10.0 Å². The maximum Gasteiger partial charge on any atom is 0.264 e. The van der Waals surface area contributed by atoms with Crippen LogP contribution in [-0.4, -0.2) is 73.2 Å². The summed E-state index contributed by atoms with van der Waals surface area (Å²) in [4.78, 5) is 40.4. The third kappa shape index (κ3) is 6.07. The number of benzene rings is 2. The number of fused-ring (bicyclic) bond motifs is 1. The summed E-state index contributed by atoms with van der Waals surface area (Å²) in [6, 6.07) is 12.4. The van der Waals surface area contributed by atoms with Crippen molar-refractivity contribution < 1.29 is 27.1 Å². The maximum absolute atomic E-state index is 14.3. The third-order valence-corrected chi connectivity index (χ3v) is 9.71. The zero-order valence-electron chi connectivity index (χ0n) is 24.7. The van der Waals surface area contributed by atoms with Crippen molar-refractivity contribution in [1.82, 2.24) is 19.9 Å². The van der Waals surface area contributed by atoms with Crippen molar-refractivity contribution in [3.63, 3.8) is 0 Å². The lowest BCUT2D eigenvalue weighted by Crippen LogP contribution is -2.61. The predicted molar refractivity (Wildman–Crippen MR) is 167 cm³/mol. The molecule has 2 aromatic heterocycles. The van der Waals surface area contributed by atoms with Crippen molar-refractivity contribution in [3.8, 4) is 17.0 Å². The minimum atomic E-state index is -4.26. The van der Waals surface area contributed by atoms with Crippen molar-refractivity contribution in [2.24, 2.45) is 5.41 Å². The fourth-order valence-corrected chi connectivity index (χ4v) is 7.03. The van der Waals surface area contributed by atoms with Gasteiger partial charge in [0.2, 0.25) is 11.8 Å². The van der Waals surface area contributed by atoms with Gasteiger partial charge in [0.1, 0.15) is 28.5 Å². The van der Waals surface area contributed by atoms with Gasteiger partial charge in [0, 0.05) is 54.8 Å². The Balaban J connectivity index is 1.23. The zero-order chi connectivity index (χ0) is 31.8. The number of rotatable bonds is 8. The average Bonchev–Trinajstić information content (AvgIpc) is 3.02. The van der Waals surface area contributed by atoms with Gasteiger partial charge in [-0.05, 0) is 61.7 Å². The standard InChI is InChI=1S/C32H31FN6O5S/c1-21(40)7-10-29(41)39-18-32(19-39)11-13-38(14-12-32)30-24-15-22(8-9-26(24)35-20-36-30)23-16-27(31(44-2)34-17-23)37-45(42,43)28-6-4-3-5-25(28)33/h3-10,15-17,20,37H,11-14,18-19H2,1-2H3/b10-7+. The second kappa shape index (κ2) is 11.9. The van der Waals surface area contributed by atoms with Gasteiger partial charge in [-0.3, -0.25) is 14.3 Å². The van der Waals surface area contributed by atoms with Gasteiger partial charge in [-0.1, -0.05) is 18.2 Å². The van der Waals surface area contributed by atoms with Crippen LogP contribution in [0.15, 0.2) is 78.1 Å². The van der Waals surface area contributed by atoms with Gasteiger partial charge >= 0.3 is 0 Å². The molecule has 1 spiro atoms. The summed E-state index contributed by atoms with van der Waals surface area (Å²) in [5.74, 6) is -0.333. The summed E-state index contributed by atoms with van der Waals surface area (Å²) in [5.41, 5.74) is 2.23. The highest BCUT2D eigenvalue weighted by atomic mass is 32.2. The summed E-state index contributed by atoms with van der Waals surface area (Å²) in [6.07, 6.45) is 7.55. The molecule has 0 radical (unpaired) electrons. The van der Waals surface area contributed by atoms with E-state index < -0.39 is 20.7 Å². The number of nitrogens with one attached hydrogen (secondary N) is 1. The summed E-state index contributed by atoms with van der Waals surface area (Å²) in [7, 11) is -2.89. The molecule has 4 heterocycles. The first-order chi connectivity index (χ1) is 21.6. The Bertz CT molecular complexity index is 1930. The number of pyridine rings is 1. The van der Waals surface area contributed by atoms with E-state index in [1.54, 1.807) is 17.2 Å². The molecule has 4 aromatic rings. The average molecular weight is 631 g/mol. The number of ketones is 1. The number of sulfonamides is 1. The number of allylic oxidation sites excluding steroid dienone is 1. The molecule has 6 rings (SSSR count). The highest BCUT2D eigenvalue weighted by Gasteiger charge is 2.46. The lowest BCUT2D eigenvalue weighted by molar-refractivity contribution is -0.139. The van der Waals surface area contributed by atoms with E-state index in [1.807, 2.05) is 18.2 Å². The smallest absolute Gasteiger partial charge is 0.264 e. The highest BCUT2D eigenvalue weighted by Crippen LogP contribution is 2.42. The molecule has 1 N–H and O–H groups in total.